The van der Waals surface area contributed by atoms with Gasteiger partial charge in [0.05, 0.1) is 23.6 Å². The fourth-order valence-corrected chi connectivity index (χ4v) is 6.79. The average Bonchev–Trinajstić information content (AvgIpc) is 3.27. The lowest BCUT2D eigenvalue weighted by Crippen LogP contribution is -2.39. The first-order chi connectivity index (χ1) is 30.3. The largest absolute Gasteiger partial charge is 0.460 e. The van der Waals surface area contributed by atoms with Crippen LogP contribution >= 0.6 is 0 Å². The normalized spacial score (nSPS) is 14.6. The van der Waals surface area contributed by atoms with Gasteiger partial charge in [-0.25, -0.2) is 38.7 Å². The third-order valence-electron chi connectivity index (χ3n) is 10.1. The number of nitrogens with zero attached hydrogens (tertiary/aromatic N) is 10. The van der Waals surface area contributed by atoms with Crippen LogP contribution in [0.3, 0.4) is 0 Å². The van der Waals surface area contributed by atoms with Crippen molar-refractivity contribution in [3.8, 4) is 35.3 Å². The first kappa shape index (κ1) is 43.7. The van der Waals surface area contributed by atoms with Gasteiger partial charge in [0.15, 0.2) is 29.1 Å². The van der Waals surface area contributed by atoms with E-state index >= 15 is 0 Å². The molecule has 18 nitrogen and oxygen atoms in total. The third-order valence-corrected chi connectivity index (χ3v) is 10.1. The molecule has 2 aromatic carbocycles. The minimum absolute atomic E-state index is 0.0687. The Morgan fingerprint density at radius 2 is 1.13 bits per heavy atom. The molecule has 2 fully saturated rings. The molecule has 6 heterocycles. The van der Waals surface area contributed by atoms with Crippen LogP contribution in [-0.2, 0) is 5.60 Å². The second-order valence-corrected chi connectivity index (χ2v) is 15.1. The number of hydrogen-bond acceptors (Lipinski definition) is 18. The maximum Gasteiger partial charge on any atom is 0.318 e. The number of aliphatic hydroxyl groups is 1. The highest BCUT2D eigenvalue weighted by molar-refractivity contribution is 5.96. The van der Waals surface area contributed by atoms with E-state index in [1.807, 2.05) is 18.2 Å². The quantitative estimate of drug-likeness (QED) is 0.118. The van der Waals surface area contributed by atoms with Crippen LogP contribution in [0.15, 0.2) is 85.7 Å². The molecule has 2 saturated heterocycles. The van der Waals surface area contributed by atoms with Crippen LogP contribution in [0.5, 0.6) is 35.3 Å². The number of benzene rings is 2. The maximum absolute atomic E-state index is 13.2. The molecular formula is C43H46F2N12O6. The van der Waals surface area contributed by atoms with Crippen molar-refractivity contribution in [3.05, 3.63) is 108 Å². The number of ketones is 1. The number of carbonyl (C=O) groups excluding carboxylic acids is 1. The number of Topliss-reactive ketones (excluding diaryl/α,β-unsaturated/α-hetero) is 1. The molecule has 0 bridgehead atoms. The zero-order valence-electron chi connectivity index (χ0n) is 34.8. The van der Waals surface area contributed by atoms with Crippen LogP contribution in [0.2, 0.25) is 0 Å². The minimum Gasteiger partial charge on any atom is -0.460 e. The van der Waals surface area contributed by atoms with Gasteiger partial charge in [0, 0.05) is 69.6 Å². The van der Waals surface area contributed by atoms with Crippen LogP contribution in [0.1, 0.15) is 62.4 Å². The number of ether oxygens (including phenoxy) is 4. The van der Waals surface area contributed by atoms with Crippen molar-refractivity contribution in [2.75, 3.05) is 47.4 Å². The summed E-state index contributed by atoms with van der Waals surface area (Å²) in [5, 5.41) is 10.4. The lowest BCUT2D eigenvalue weighted by molar-refractivity contribution is 0.0761. The molecule has 328 valence electrons. The number of nitrogen functional groups attached to an aromatic ring is 2. The van der Waals surface area contributed by atoms with Gasteiger partial charge in [-0.3, -0.25) is 4.79 Å². The number of hydrogen-bond donors (Lipinski definition) is 3. The van der Waals surface area contributed by atoms with E-state index < -0.39 is 17.2 Å². The van der Waals surface area contributed by atoms with Crippen molar-refractivity contribution in [3.63, 3.8) is 0 Å². The van der Waals surface area contributed by atoms with Crippen molar-refractivity contribution in [2.24, 2.45) is 0 Å². The van der Waals surface area contributed by atoms with Crippen LogP contribution in [0, 0.1) is 11.6 Å². The Bertz CT molecular complexity index is 2520. The summed E-state index contributed by atoms with van der Waals surface area (Å²) in [5.41, 5.74) is 11.0. The van der Waals surface area contributed by atoms with Crippen molar-refractivity contribution in [2.45, 2.75) is 64.3 Å². The maximum atomic E-state index is 13.2. The second kappa shape index (κ2) is 19.6. The monoisotopic (exact) mass is 864 g/mol. The molecule has 0 atom stereocenters. The molecule has 6 aromatic rings. The van der Waals surface area contributed by atoms with E-state index in [1.165, 1.54) is 19.6 Å². The lowest BCUT2D eigenvalue weighted by atomic mass is 9.97. The Morgan fingerprint density at radius 1 is 0.683 bits per heavy atom. The number of halogens is 2. The Hall–Kier alpha value is -7.35. The molecule has 2 aliphatic rings. The van der Waals surface area contributed by atoms with E-state index in [0.717, 1.165) is 18.2 Å². The van der Waals surface area contributed by atoms with Gasteiger partial charge in [-0.2, -0.15) is 9.97 Å². The molecule has 2 aliphatic heterocycles. The molecule has 4 aromatic heterocycles. The van der Waals surface area contributed by atoms with Gasteiger partial charge in [-0.1, -0.05) is 30.3 Å². The smallest absolute Gasteiger partial charge is 0.318 e. The molecule has 5 N–H and O–H groups in total. The summed E-state index contributed by atoms with van der Waals surface area (Å²) < 4.78 is 49.7. The fraction of sp³-hybridized carbons (Fsp3) is 0.326. The lowest BCUT2D eigenvalue weighted by Gasteiger charge is -2.32. The number of aromatic nitrogens is 8. The average molecular weight is 865 g/mol. The number of nitrogens with two attached hydrogens (primary N) is 2. The van der Waals surface area contributed by atoms with Gasteiger partial charge in [-0.05, 0) is 39.0 Å². The molecule has 63 heavy (non-hydrogen) atoms. The van der Waals surface area contributed by atoms with Crippen LogP contribution in [0.25, 0.3) is 0 Å². The zero-order chi connectivity index (χ0) is 44.5. The number of carbonyl (C=O) groups is 1. The van der Waals surface area contributed by atoms with E-state index in [9.17, 15) is 18.7 Å². The van der Waals surface area contributed by atoms with Crippen molar-refractivity contribution >= 4 is 29.1 Å². The van der Waals surface area contributed by atoms with E-state index in [0.29, 0.717) is 92.1 Å². The van der Waals surface area contributed by atoms with Crippen molar-refractivity contribution in [1.82, 2.24) is 39.9 Å². The summed E-state index contributed by atoms with van der Waals surface area (Å²) >= 11 is 0. The van der Waals surface area contributed by atoms with E-state index in [4.69, 9.17) is 30.4 Å². The van der Waals surface area contributed by atoms with Gasteiger partial charge in [0.2, 0.25) is 11.8 Å². The standard InChI is InChI=1S/C22H25FN6O3.C21H21FN6O3/c1-22(2,30)15-5-3-4-6-17(15)32-19-11-18(26-13-27-19)29-9-7-14(8-10-29)31-21-25-12-16(23)20(24)28-21;1-13(29)15-4-2-3-5-17(15)31-19-10-18(25-12-26-19)28-8-6-14(7-9-28)30-21-24-11-16(22)20(23)27-21/h3-6,11-14,30H,7-10H2,1-2H3,(H2,24,25,28);2-5,10-12,14H,6-9H2,1H3,(H2,23,24,27). The van der Waals surface area contributed by atoms with Crippen molar-refractivity contribution < 1.29 is 37.6 Å². The van der Waals surface area contributed by atoms with Gasteiger partial charge in [-0.15, -0.1) is 0 Å². The number of para-hydroxylation sites is 2. The Morgan fingerprint density at radius 3 is 1.59 bits per heavy atom. The summed E-state index contributed by atoms with van der Waals surface area (Å²) in [6, 6.07) is 18.0. The summed E-state index contributed by atoms with van der Waals surface area (Å²) in [4.78, 5) is 48.4. The molecule has 0 aliphatic carbocycles. The summed E-state index contributed by atoms with van der Waals surface area (Å²) in [6.07, 6.45) is 7.50. The van der Waals surface area contributed by atoms with Crippen LogP contribution < -0.4 is 40.2 Å². The fourth-order valence-electron chi connectivity index (χ4n) is 6.79. The minimum atomic E-state index is -1.05. The first-order valence-corrected chi connectivity index (χ1v) is 20.1. The van der Waals surface area contributed by atoms with Gasteiger partial charge < -0.3 is 45.3 Å². The van der Waals surface area contributed by atoms with E-state index in [-0.39, 0.29) is 41.6 Å². The Kier molecular flexibility index (Phi) is 13.6. The van der Waals surface area contributed by atoms with Crippen LogP contribution in [0.4, 0.5) is 32.1 Å². The summed E-state index contributed by atoms with van der Waals surface area (Å²) in [7, 11) is 0. The Balaban J connectivity index is 0.000000189. The Labute approximate surface area is 361 Å². The molecule has 0 radical (unpaired) electrons. The highest BCUT2D eigenvalue weighted by Crippen LogP contribution is 2.33. The molecule has 0 saturated carbocycles. The highest BCUT2D eigenvalue weighted by Gasteiger charge is 2.26. The molecule has 20 heteroatoms. The zero-order valence-corrected chi connectivity index (χ0v) is 34.8. The topological polar surface area (TPSA) is 236 Å². The van der Waals surface area contributed by atoms with Gasteiger partial charge >= 0.3 is 12.0 Å². The van der Waals surface area contributed by atoms with Crippen LogP contribution in [-0.4, -0.2) is 89.1 Å². The summed E-state index contributed by atoms with van der Waals surface area (Å²) in [6.45, 7) is 7.65. The van der Waals surface area contributed by atoms with Gasteiger partial charge in [0.1, 0.15) is 48.0 Å². The van der Waals surface area contributed by atoms with Gasteiger partial charge in [0.25, 0.3) is 0 Å². The predicted molar refractivity (Wildman–Crippen MR) is 227 cm³/mol. The van der Waals surface area contributed by atoms with E-state index in [2.05, 4.69) is 49.7 Å². The van der Waals surface area contributed by atoms with Crippen molar-refractivity contribution in [1.29, 1.82) is 0 Å². The first-order valence-electron chi connectivity index (χ1n) is 20.1. The summed E-state index contributed by atoms with van der Waals surface area (Å²) in [5.74, 6) is 1.29. The molecule has 8 rings (SSSR count). The second-order valence-electron chi connectivity index (χ2n) is 15.1. The predicted octanol–water partition coefficient (Wildman–Crippen LogP) is 6.09. The molecule has 0 amide bonds. The molecular weight excluding hydrogens is 819 g/mol. The van der Waals surface area contributed by atoms with E-state index in [1.54, 1.807) is 56.3 Å². The number of rotatable bonds is 12. The number of anilines is 4. The third kappa shape index (κ3) is 11.5. The molecule has 0 spiro atoms. The highest BCUT2D eigenvalue weighted by atomic mass is 19.1. The number of piperidine rings is 2. The molecule has 0 unspecified atom stereocenters. The SMILES string of the molecule is CC(=O)c1ccccc1Oc1cc(N2CCC(Oc3ncc(F)c(N)n3)CC2)ncn1.CC(C)(O)c1ccccc1Oc1cc(N2CCC(Oc3ncc(F)c(N)n3)CC2)ncn1.